The number of nitrogens with zero attached hydrogens (tertiary/aromatic N) is 1. The van der Waals surface area contributed by atoms with E-state index in [1.807, 2.05) is 0 Å². The number of aldehydes is 1. The molecule has 0 fully saturated rings. The van der Waals surface area contributed by atoms with Crippen LogP contribution in [0.2, 0.25) is 0 Å². The van der Waals surface area contributed by atoms with Gasteiger partial charge < -0.3 is 9.40 Å². The molecule has 2 rings (SSSR count). The van der Waals surface area contributed by atoms with Crippen molar-refractivity contribution in [3.8, 4) is 0 Å². The van der Waals surface area contributed by atoms with Crippen molar-refractivity contribution in [3.63, 3.8) is 0 Å². The fraction of sp³-hybridized carbons (Fsp3) is 0.182. The van der Waals surface area contributed by atoms with Crippen LogP contribution in [-0.2, 0) is 0 Å². The third-order valence-corrected chi connectivity index (χ3v) is 2.32. The number of rotatable bonds is 3. The average Bonchev–Trinajstić information content (AvgIpc) is 2.86. The summed E-state index contributed by atoms with van der Waals surface area (Å²) in [6.07, 6.45) is 2.10. The van der Waals surface area contributed by atoms with E-state index in [2.05, 4.69) is 9.97 Å². The van der Waals surface area contributed by atoms with Gasteiger partial charge in [0.1, 0.15) is 5.76 Å². The number of aryl methyl sites for hydroxylation is 2. The van der Waals surface area contributed by atoms with Gasteiger partial charge in [0.25, 0.3) is 5.89 Å². The number of hydrogen-bond donors (Lipinski definition) is 1. The van der Waals surface area contributed by atoms with E-state index < -0.39 is 0 Å². The molecule has 0 saturated heterocycles. The Hall–Kier alpha value is -2.17. The Labute approximate surface area is 91.5 Å². The Morgan fingerprint density at radius 1 is 1.50 bits per heavy atom. The Morgan fingerprint density at radius 2 is 2.25 bits per heavy atom. The number of nitrogens with one attached hydrogen (secondary N) is 1. The van der Waals surface area contributed by atoms with Gasteiger partial charge in [0, 0.05) is 11.8 Å². The van der Waals surface area contributed by atoms with Crippen LogP contribution in [0.1, 0.15) is 38.2 Å². The smallest absolute Gasteiger partial charge is 0.268 e. The van der Waals surface area contributed by atoms with Crippen molar-refractivity contribution in [2.75, 3.05) is 0 Å². The van der Waals surface area contributed by atoms with Gasteiger partial charge >= 0.3 is 0 Å². The molecule has 5 nitrogen and oxygen atoms in total. The molecule has 1 N–H and O–H groups in total. The van der Waals surface area contributed by atoms with Gasteiger partial charge in [-0.3, -0.25) is 9.59 Å². The lowest BCUT2D eigenvalue weighted by molar-refractivity contribution is 0.100. The fourth-order valence-corrected chi connectivity index (χ4v) is 1.30. The monoisotopic (exact) mass is 218 g/mol. The summed E-state index contributed by atoms with van der Waals surface area (Å²) in [7, 11) is 0. The topological polar surface area (TPSA) is 76.0 Å². The maximum absolute atomic E-state index is 11.8. The maximum Gasteiger partial charge on any atom is 0.268 e. The first-order valence-electron chi connectivity index (χ1n) is 4.74. The number of ketones is 1. The summed E-state index contributed by atoms with van der Waals surface area (Å²) in [4.78, 5) is 29.0. The second-order valence-electron chi connectivity index (χ2n) is 3.45. The highest BCUT2D eigenvalue weighted by Gasteiger charge is 2.17. The Kier molecular flexibility index (Phi) is 2.44. The van der Waals surface area contributed by atoms with Gasteiger partial charge in [-0.15, -0.1) is 0 Å². The second kappa shape index (κ2) is 3.77. The van der Waals surface area contributed by atoms with E-state index in [-0.39, 0.29) is 11.7 Å². The van der Waals surface area contributed by atoms with Crippen LogP contribution in [0.5, 0.6) is 0 Å². The molecule has 0 radical (unpaired) electrons. The molecule has 2 aromatic rings. The van der Waals surface area contributed by atoms with Crippen LogP contribution in [-0.4, -0.2) is 22.0 Å². The van der Waals surface area contributed by atoms with E-state index in [9.17, 15) is 9.59 Å². The molecule has 82 valence electrons. The van der Waals surface area contributed by atoms with Crippen LogP contribution < -0.4 is 0 Å². The molecule has 0 atom stereocenters. The van der Waals surface area contributed by atoms with Crippen molar-refractivity contribution in [1.29, 1.82) is 0 Å². The van der Waals surface area contributed by atoms with Crippen LogP contribution in [0.25, 0.3) is 0 Å². The van der Waals surface area contributed by atoms with Crippen molar-refractivity contribution >= 4 is 12.1 Å². The molecule has 16 heavy (non-hydrogen) atoms. The van der Waals surface area contributed by atoms with Gasteiger partial charge in [-0.25, -0.2) is 4.98 Å². The second-order valence-corrected chi connectivity index (χ2v) is 3.45. The summed E-state index contributed by atoms with van der Waals surface area (Å²) in [6, 6.07) is 1.46. The lowest BCUT2D eigenvalue weighted by Crippen LogP contribution is -1.99. The van der Waals surface area contributed by atoms with Crippen LogP contribution in [0.4, 0.5) is 0 Å². The number of oxazole rings is 1. The molecule has 0 aliphatic carbocycles. The van der Waals surface area contributed by atoms with Crippen molar-refractivity contribution in [1.82, 2.24) is 9.97 Å². The number of carbonyl (C=O) groups excluding carboxylic acids is 2. The molecular formula is C11H10N2O3. The van der Waals surface area contributed by atoms with E-state index in [4.69, 9.17) is 4.42 Å². The molecule has 0 saturated carbocycles. The molecule has 0 unspecified atom stereocenters. The number of aromatic amines is 1. The molecule has 5 heteroatoms. The molecule has 2 heterocycles. The van der Waals surface area contributed by atoms with E-state index in [1.165, 1.54) is 12.3 Å². The first kappa shape index (κ1) is 10.4. The highest BCUT2D eigenvalue weighted by atomic mass is 16.4. The van der Waals surface area contributed by atoms with Crippen molar-refractivity contribution in [3.05, 3.63) is 40.9 Å². The quantitative estimate of drug-likeness (QED) is 0.628. The number of carbonyl (C=O) groups is 2. The summed E-state index contributed by atoms with van der Waals surface area (Å²) >= 11 is 0. The highest BCUT2D eigenvalue weighted by molar-refractivity contribution is 6.06. The summed E-state index contributed by atoms with van der Waals surface area (Å²) in [5.74, 6) is 0.335. The molecule has 0 aliphatic heterocycles. The van der Waals surface area contributed by atoms with Crippen LogP contribution in [0.3, 0.4) is 0 Å². The molecule has 0 aliphatic rings. The molecule has 0 aromatic carbocycles. The Bertz CT molecular complexity index is 532. The molecule has 0 spiro atoms. The predicted octanol–water partition coefficient (Wildman–Crippen LogP) is 1.66. The van der Waals surface area contributed by atoms with Gasteiger partial charge in [-0.05, 0) is 19.9 Å². The van der Waals surface area contributed by atoms with Gasteiger partial charge in [-0.1, -0.05) is 0 Å². The van der Waals surface area contributed by atoms with Gasteiger partial charge in [0.15, 0.2) is 6.29 Å². The number of H-pyrrole nitrogens is 1. The summed E-state index contributed by atoms with van der Waals surface area (Å²) < 4.78 is 5.21. The number of aromatic nitrogens is 2. The predicted molar refractivity (Wildman–Crippen MR) is 55.6 cm³/mol. The molecule has 0 amide bonds. The minimum absolute atomic E-state index is 0.0476. The van der Waals surface area contributed by atoms with E-state index in [0.29, 0.717) is 29.0 Å². The Balaban J connectivity index is 2.34. The molecule has 0 bridgehead atoms. The minimum Gasteiger partial charge on any atom is -0.439 e. The van der Waals surface area contributed by atoms with E-state index in [1.54, 1.807) is 13.8 Å². The van der Waals surface area contributed by atoms with Crippen LogP contribution >= 0.6 is 0 Å². The first-order chi connectivity index (χ1) is 7.61. The number of hydrogen-bond acceptors (Lipinski definition) is 4. The summed E-state index contributed by atoms with van der Waals surface area (Å²) in [6.45, 7) is 3.51. The zero-order valence-electron chi connectivity index (χ0n) is 8.90. The normalized spacial score (nSPS) is 10.4. The lowest BCUT2D eigenvalue weighted by atomic mass is 10.2. The van der Waals surface area contributed by atoms with Gasteiger partial charge in [0.2, 0.25) is 5.78 Å². The van der Waals surface area contributed by atoms with Crippen molar-refractivity contribution in [2.45, 2.75) is 13.8 Å². The first-order valence-corrected chi connectivity index (χ1v) is 4.74. The highest BCUT2D eigenvalue weighted by Crippen LogP contribution is 2.13. The summed E-state index contributed by atoms with van der Waals surface area (Å²) in [5, 5.41) is 0. The maximum atomic E-state index is 11.8. The van der Waals surface area contributed by atoms with Crippen molar-refractivity contribution in [2.24, 2.45) is 0 Å². The van der Waals surface area contributed by atoms with E-state index >= 15 is 0 Å². The van der Waals surface area contributed by atoms with Gasteiger partial charge in [-0.2, -0.15) is 0 Å². The van der Waals surface area contributed by atoms with Crippen LogP contribution in [0.15, 0.2) is 16.7 Å². The third kappa shape index (κ3) is 1.67. The Morgan fingerprint density at radius 3 is 2.75 bits per heavy atom. The van der Waals surface area contributed by atoms with Gasteiger partial charge in [0.05, 0.1) is 11.4 Å². The van der Waals surface area contributed by atoms with Crippen LogP contribution in [0, 0.1) is 13.8 Å². The minimum atomic E-state index is -0.333. The van der Waals surface area contributed by atoms with Crippen molar-refractivity contribution < 1.29 is 14.0 Å². The molecule has 2 aromatic heterocycles. The standard InChI is InChI=1S/C11H10N2O3/c1-6-7(2)16-11(13-6)10(15)8-3-9(5-14)12-4-8/h3-5,12H,1-2H3. The van der Waals surface area contributed by atoms with E-state index in [0.717, 1.165) is 0 Å². The average molecular weight is 218 g/mol. The SMILES string of the molecule is Cc1nc(C(=O)c2c[nH]c(C=O)c2)oc1C. The zero-order valence-corrected chi connectivity index (χ0v) is 8.90. The fourth-order valence-electron chi connectivity index (χ4n) is 1.30. The third-order valence-electron chi connectivity index (χ3n) is 2.32. The zero-order chi connectivity index (χ0) is 11.7. The lowest BCUT2D eigenvalue weighted by Gasteiger charge is -1.89. The molecular weight excluding hydrogens is 208 g/mol. The largest absolute Gasteiger partial charge is 0.439 e. The summed E-state index contributed by atoms with van der Waals surface area (Å²) in [5.41, 5.74) is 1.40.